The fourth-order valence-corrected chi connectivity index (χ4v) is 4.84. The quantitative estimate of drug-likeness (QED) is 0.572. The van der Waals surface area contributed by atoms with Crippen LogP contribution >= 0.6 is 23.1 Å². The fraction of sp³-hybridized carbons (Fsp3) is 0.238. The van der Waals surface area contributed by atoms with Gasteiger partial charge in [0.25, 0.3) is 5.91 Å². The van der Waals surface area contributed by atoms with Gasteiger partial charge in [-0.1, -0.05) is 53.4 Å². The third kappa shape index (κ3) is 5.39. The highest BCUT2D eigenvalue weighted by atomic mass is 32.2. The van der Waals surface area contributed by atoms with Gasteiger partial charge in [-0.05, 0) is 24.3 Å². The number of amides is 2. The molecule has 0 saturated carbocycles. The molecule has 4 rings (SSSR count). The number of hydrogen-bond acceptors (Lipinski definition) is 7. The molecule has 10 heteroatoms. The largest absolute Gasteiger partial charge is 0.366 e. The van der Waals surface area contributed by atoms with Crippen molar-refractivity contribution < 1.29 is 14.0 Å². The number of benzene rings is 2. The van der Waals surface area contributed by atoms with Crippen molar-refractivity contribution in [3.63, 3.8) is 0 Å². The van der Waals surface area contributed by atoms with Crippen LogP contribution in [0.15, 0.2) is 58.9 Å². The molecule has 1 N–H and O–H groups in total. The summed E-state index contributed by atoms with van der Waals surface area (Å²) in [5.74, 6) is -0.370. The highest BCUT2D eigenvalue weighted by Gasteiger charge is 2.23. The molecule has 1 aliphatic rings. The number of anilines is 2. The van der Waals surface area contributed by atoms with Crippen molar-refractivity contribution in [2.45, 2.75) is 4.34 Å². The van der Waals surface area contributed by atoms with Gasteiger partial charge < -0.3 is 15.1 Å². The molecule has 160 valence electrons. The van der Waals surface area contributed by atoms with Gasteiger partial charge in [0.2, 0.25) is 10.9 Å². The number of carbonyl (C=O) groups excluding carboxylic acids is 2. The molecule has 7 nitrogen and oxygen atoms in total. The molecule has 0 aliphatic carbocycles. The number of nitrogens with one attached hydrogen (secondary N) is 1. The number of nitrogens with zero attached hydrogens (tertiary/aromatic N) is 4. The highest BCUT2D eigenvalue weighted by Crippen LogP contribution is 2.24. The number of halogens is 1. The minimum absolute atomic E-state index is 0.0105. The molecular formula is C21H20FN5O2S2. The molecule has 1 aliphatic heterocycles. The van der Waals surface area contributed by atoms with Crippen LogP contribution in [0, 0.1) is 5.82 Å². The van der Waals surface area contributed by atoms with Crippen LogP contribution in [0.1, 0.15) is 9.80 Å². The average molecular weight is 458 g/mol. The van der Waals surface area contributed by atoms with E-state index in [1.165, 1.54) is 17.8 Å². The first kappa shape index (κ1) is 21.3. The molecule has 1 aromatic heterocycles. The summed E-state index contributed by atoms with van der Waals surface area (Å²) in [7, 11) is 0. The van der Waals surface area contributed by atoms with E-state index in [0.717, 1.165) is 11.3 Å². The number of carbonyl (C=O) groups is 2. The van der Waals surface area contributed by atoms with E-state index in [0.29, 0.717) is 41.9 Å². The zero-order valence-corrected chi connectivity index (χ0v) is 18.2. The Bertz CT molecular complexity index is 1050. The molecule has 0 radical (unpaired) electrons. The average Bonchev–Trinajstić information content (AvgIpc) is 3.28. The normalized spacial score (nSPS) is 13.8. The van der Waals surface area contributed by atoms with Crippen LogP contribution in [0.4, 0.5) is 15.8 Å². The summed E-state index contributed by atoms with van der Waals surface area (Å²) >= 11 is 2.42. The second kappa shape index (κ2) is 9.88. The van der Waals surface area contributed by atoms with Crippen LogP contribution in [0.5, 0.6) is 0 Å². The van der Waals surface area contributed by atoms with Crippen molar-refractivity contribution in [3.05, 3.63) is 65.4 Å². The zero-order valence-electron chi connectivity index (χ0n) is 16.5. The maximum absolute atomic E-state index is 14.0. The van der Waals surface area contributed by atoms with E-state index in [1.807, 2.05) is 29.2 Å². The molecule has 2 heterocycles. The van der Waals surface area contributed by atoms with Gasteiger partial charge in [-0.25, -0.2) is 4.39 Å². The van der Waals surface area contributed by atoms with E-state index in [2.05, 4.69) is 15.5 Å². The fourth-order valence-electron chi connectivity index (χ4n) is 3.19. The van der Waals surface area contributed by atoms with Crippen molar-refractivity contribution in [1.29, 1.82) is 0 Å². The van der Waals surface area contributed by atoms with Gasteiger partial charge in [0.1, 0.15) is 5.82 Å². The van der Waals surface area contributed by atoms with Crippen LogP contribution < -0.4 is 10.2 Å². The minimum Gasteiger partial charge on any atom is -0.366 e. The summed E-state index contributed by atoms with van der Waals surface area (Å²) in [6, 6.07) is 15.8. The number of piperazine rings is 1. The lowest BCUT2D eigenvalue weighted by Crippen LogP contribution is -2.49. The number of aromatic nitrogens is 2. The Morgan fingerprint density at radius 1 is 1.00 bits per heavy atom. The summed E-state index contributed by atoms with van der Waals surface area (Å²) in [4.78, 5) is 28.5. The van der Waals surface area contributed by atoms with Crippen molar-refractivity contribution >= 4 is 46.3 Å². The van der Waals surface area contributed by atoms with Crippen molar-refractivity contribution in [2.75, 3.05) is 42.1 Å². The lowest BCUT2D eigenvalue weighted by Gasteiger charge is -2.36. The van der Waals surface area contributed by atoms with Gasteiger partial charge in [-0.3, -0.25) is 9.59 Å². The Kier molecular flexibility index (Phi) is 6.78. The minimum atomic E-state index is -0.328. The summed E-state index contributed by atoms with van der Waals surface area (Å²) in [6.45, 7) is 2.24. The monoisotopic (exact) mass is 457 g/mol. The Morgan fingerprint density at radius 3 is 2.45 bits per heavy atom. The van der Waals surface area contributed by atoms with Crippen LogP contribution in [-0.2, 0) is 4.79 Å². The van der Waals surface area contributed by atoms with Crippen molar-refractivity contribution in [3.8, 4) is 0 Å². The Hall–Kier alpha value is -2.98. The lowest BCUT2D eigenvalue weighted by molar-refractivity contribution is -0.128. The van der Waals surface area contributed by atoms with Gasteiger partial charge in [-0.2, -0.15) is 0 Å². The SMILES string of the molecule is O=C(Nc1ccccc1)c1nnc(SCC(=O)N2CCN(c3ccccc3F)CC2)s1. The maximum Gasteiger partial charge on any atom is 0.286 e. The first-order valence-corrected chi connectivity index (χ1v) is 11.5. The second-order valence-electron chi connectivity index (χ2n) is 6.80. The van der Waals surface area contributed by atoms with E-state index < -0.39 is 0 Å². The molecule has 31 heavy (non-hydrogen) atoms. The third-order valence-corrected chi connectivity index (χ3v) is 6.82. The second-order valence-corrected chi connectivity index (χ2v) is 9.00. The van der Waals surface area contributed by atoms with Crippen LogP contribution in [0.2, 0.25) is 0 Å². The van der Waals surface area contributed by atoms with Gasteiger partial charge in [0.15, 0.2) is 4.34 Å². The molecule has 3 aromatic rings. The molecule has 0 bridgehead atoms. The molecule has 0 unspecified atom stereocenters. The van der Waals surface area contributed by atoms with E-state index in [1.54, 1.807) is 29.2 Å². The molecule has 1 fully saturated rings. The van der Waals surface area contributed by atoms with E-state index >= 15 is 0 Å². The summed E-state index contributed by atoms with van der Waals surface area (Å²) in [5.41, 5.74) is 1.25. The highest BCUT2D eigenvalue weighted by molar-refractivity contribution is 8.01. The first-order valence-electron chi connectivity index (χ1n) is 9.70. The number of thioether (sulfide) groups is 1. The number of rotatable bonds is 6. The third-order valence-electron chi connectivity index (χ3n) is 4.78. The topological polar surface area (TPSA) is 78.4 Å². The molecular weight excluding hydrogens is 437 g/mol. The van der Waals surface area contributed by atoms with E-state index in [4.69, 9.17) is 0 Å². The molecule has 0 atom stereocenters. The summed E-state index contributed by atoms with van der Waals surface area (Å²) in [6.07, 6.45) is 0. The standard InChI is InChI=1S/C21H20FN5O2S2/c22-16-8-4-5-9-17(16)26-10-12-27(13-11-26)18(28)14-30-21-25-24-20(31-21)19(29)23-15-6-2-1-3-7-15/h1-9H,10-14H2,(H,23,29). The summed E-state index contributed by atoms with van der Waals surface area (Å²) < 4.78 is 14.5. The van der Waals surface area contributed by atoms with Crippen LogP contribution in [0.3, 0.4) is 0 Å². The Labute approximate surface area is 187 Å². The Balaban J connectivity index is 1.25. The van der Waals surface area contributed by atoms with Gasteiger partial charge in [0.05, 0.1) is 11.4 Å². The molecule has 2 aromatic carbocycles. The molecule has 1 saturated heterocycles. The van der Waals surface area contributed by atoms with E-state index in [9.17, 15) is 14.0 Å². The maximum atomic E-state index is 14.0. The first-order chi connectivity index (χ1) is 15.1. The molecule has 0 spiro atoms. The van der Waals surface area contributed by atoms with Crippen molar-refractivity contribution in [2.24, 2.45) is 0 Å². The zero-order chi connectivity index (χ0) is 21.6. The smallest absolute Gasteiger partial charge is 0.286 e. The number of hydrogen-bond donors (Lipinski definition) is 1. The van der Waals surface area contributed by atoms with Gasteiger partial charge in [-0.15, -0.1) is 10.2 Å². The Morgan fingerprint density at radius 2 is 1.71 bits per heavy atom. The van der Waals surface area contributed by atoms with Crippen LogP contribution in [0.25, 0.3) is 0 Å². The van der Waals surface area contributed by atoms with Crippen molar-refractivity contribution in [1.82, 2.24) is 15.1 Å². The predicted octanol–water partition coefficient (Wildman–Crippen LogP) is 3.37. The predicted molar refractivity (Wildman–Crippen MR) is 120 cm³/mol. The van der Waals surface area contributed by atoms with E-state index in [-0.39, 0.29) is 28.4 Å². The van der Waals surface area contributed by atoms with Gasteiger partial charge in [0, 0.05) is 31.9 Å². The molecule has 2 amide bonds. The lowest BCUT2D eigenvalue weighted by atomic mass is 10.2. The summed E-state index contributed by atoms with van der Waals surface area (Å²) in [5, 5.41) is 10.9. The van der Waals surface area contributed by atoms with Gasteiger partial charge >= 0.3 is 0 Å². The van der Waals surface area contributed by atoms with Crippen LogP contribution in [-0.4, -0.2) is 58.8 Å². The number of para-hydroxylation sites is 2.